The highest BCUT2D eigenvalue weighted by atomic mass is 16.1. The highest BCUT2D eigenvalue weighted by molar-refractivity contribution is 5.76. The van der Waals surface area contributed by atoms with Gasteiger partial charge in [-0.25, -0.2) is 4.68 Å². The molecule has 1 amide bonds. The molecule has 0 aliphatic carbocycles. The smallest absolute Gasteiger partial charge is 0.220 e. The maximum Gasteiger partial charge on any atom is 0.220 e. The molecule has 5 nitrogen and oxygen atoms in total. The zero-order valence-electron chi connectivity index (χ0n) is 19.9. The molecule has 0 unspecified atom stereocenters. The third-order valence-corrected chi connectivity index (χ3v) is 5.95. The summed E-state index contributed by atoms with van der Waals surface area (Å²) in [6.45, 7) is 3.64. The molecule has 0 bridgehead atoms. The summed E-state index contributed by atoms with van der Waals surface area (Å²) in [6.07, 6.45) is 4.03. The van der Waals surface area contributed by atoms with Gasteiger partial charge in [0.15, 0.2) is 0 Å². The lowest BCUT2D eigenvalue weighted by atomic mass is 10.0. The maximum absolute atomic E-state index is 12.5. The Balaban J connectivity index is 1.35. The van der Waals surface area contributed by atoms with Gasteiger partial charge in [0.2, 0.25) is 5.91 Å². The number of aryl methyl sites for hydroxylation is 2. The molecule has 0 aliphatic rings. The van der Waals surface area contributed by atoms with Crippen LogP contribution in [0.4, 0.5) is 5.69 Å². The number of carbonyl (C=O) groups excluding carboxylic acids is 1. The van der Waals surface area contributed by atoms with Crippen molar-refractivity contribution in [3.63, 3.8) is 0 Å². The van der Waals surface area contributed by atoms with Gasteiger partial charge < -0.3 is 10.2 Å². The van der Waals surface area contributed by atoms with Crippen molar-refractivity contribution in [3.05, 3.63) is 102 Å². The second kappa shape index (κ2) is 11.3. The number of aromatic nitrogens is 2. The van der Waals surface area contributed by atoms with E-state index in [0.717, 1.165) is 35.5 Å². The van der Waals surface area contributed by atoms with Crippen LogP contribution in [0.1, 0.15) is 24.0 Å². The van der Waals surface area contributed by atoms with Gasteiger partial charge >= 0.3 is 0 Å². The van der Waals surface area contributed by atoms with Crippen LogP contribution in [0.2, 0.25) is 0 Å². The molecule has 0 saturated carbocycles. The third-order valence-electron chi connectivity index (χ3n) is 5.95. The molecule has 4 aromatic rings. The number of nitrogens with one attached hydrogen (secondary N) is 1. The van der Waals surface area contributed by atoms with Crippen molar-refractivity contribution in [2.75, 3.05) is 25.0 Å². The summed E-state index contributed by atoms with van der Waals surface area (Å²) in [4.78, 5) is 14.8. The fraction of sp³-hybridized carbons (Fsp3) is 0.241. The first-order valence-corrected chi connectivity index (χ1v) is 11.8. The molecule has 0 spiro atoms. The Kier molecular flexibility index (Phi) is 7.76. The average Bonchev–Trinajstić information content (AvgIpc) is 3.31. The van der Waals surface area contributed by atoms with Gasteiger partial charge in [0.05, 0.1) is 11.4 Å². The largest absolute Gasteiger partial charge is 0.375 e. The van der Waals surface area contributed by atoms with Crippen LogP contribution in [-0.4, -0.2) is 35.8 Å². The van der Waals surface area contributed by atoms with Crippen LogP contribution in [0.25, 0.3) is 16.9 Å². The van der Waals surface area contributed by atoms with Crippen molar-refractivity contribution in [1.29, 1.82) is 0 Å². The molecule has 174 valence electrons. The summed E-state index contributed by atoms with van der Waals surface area (Å²) in [5, 5.41) is 7.93. The molecule has 3 aromatic carbocycles. The lowest BCUT2D eigenvalue weighted by molar-refractivity contribution is -0.121. The second-order valence-electron chi connectivity index (χ2n) is 8.61. The Morgan fingerprint density at radius 3 is 2.32 bits per heavy atom. The third kappa shape index (κ3) is 6.13. The molecule has 4 rings (SSSR count). The van der Waals surface area contributed by atoms with E-state index in [1.165, 1.54) is 11.3 Å². The molecular formula is C29H32N4O. The predicted octanol–water partition coefficient (Wildman–Crippen LogP) is 5.42. The summed E-state index contributed by atoms with van der Waals surface area (Å²) in [5.41, 5.74) is 6.49. The summed E-state index contributed by atoms with van der Waals surface area (Å²) < 4.78 is 1.90. The molecule has 1 heterocycles. The Hall–Kier alpha value is -3.86. The van der Waals surface area contributed by atoms with E-state index in [1.54, 1.807) is 0 Å². The van der Waals surface area contributed by atoms with Gasteiger partial charge in [0.1, 0.15) is 0 Å². The van der Waals surface area contributed by atoms with E-state index < -0.39 is 0 Å². The number of para-hydroxylation sites is 2. The minimum absolute atomic E-state index is 0.0738. The predicted molar refractivity (Wildman–Crippen MR) is 139 cm³/mol. The van der Waals surface area contributed by atoms with Crippen LogP contribution in [0.3, 0.4) is 0 Å². The molecule has 0 saturated heterocycles. The highest BCUT2D eigenvalue weighted by Crippen LogP contribution is 2.25. The quantitative estimate of drug-likeness (QED) is 0.327. The number of rotatable bonds is 10. The normalized spacial score (nSPS) is 10.8. The Morgan fingerprint density at radius 2 is 1.62 bits per heavy atom. The molecule has 0 aliphatic heterocycles. The van der Waals surface area contributed by atoms with Crippen molar-refractivity contribution in [2.45, 2.75) is 26.2 Å². The highest BCUT2D eigenvalue weighted by Gasteiger charge is 2.14. The van der Waals surface area contributed by atoms with Gasteiger partial charge in [-0.15, -0.1) is 0 Å². The van der Waals surface area contributed by atoms with Crippen molar-refractivity contribution in [3.8, 4) is 16.9 Å². The monoisotopic (exact) mass is 452 g/mol. The molecule has 1 aromatic heterocycles. The number of carbonyl (C=O) groups is 1. The molecule has 34 heavy (non-hydrogen) atoms. The van der Waals surface area contributed by atoms with Crippen molar-refractivity contribution in [2.24, 2.45) is 0 Å². The first-order chi connectivity index (χ1) is 16.6. The van der Waals surface area contributed by atoms with E-state index in [9.17, 15) is 4.79 Å². The van der Waals surface area contributed by atoms with Crippen molar-refractivity contribution >= 4 is 11.6 Å². The number of amides is 1. The standard InChI is InChI=1S/C29H32N4O/c1-23-14-16-24(17-15-23)29-25(22-33(31-29)27-12-7-4-8-13-27)18-19-28(34)30-20-9-21-32(2)26-10-5-3-6-11-26/h3-8,10-17,22H,9,18-21H2,1-2H3,(H,30,34). The number of nitrogens with zero attached hydrogens (tertiary/aromatic N) is 3. The number of benzene rings is 3. The van der Waals surface area contributed by atoms with Crippen molar-refractivity contribution < 1.29 is 4.79 Å². The number of hydrogen-bond donors (Lipinski definition) is 1. The van der Waals surface area contributed by atoms with E-state index in [2.05, 4.69) is 60.6 Å². The minimum Gasteiger partial charge on any atom is -0.375 e. The fourth-order valence-corrected chi connectivity index (χ4v) is 3.95. The van der Waals surface area contributed by atoms with Gasteiger partial charge in [0.25, 0.3) is 0 Å². The molecule has 5 heteroatoms. The van der Waals surface area contributed by atoms with Crippen LogP contribution in [0.15, 0.2) is 91.1 Å². The molecule has 0 radical (unpaired) electrons. The van der Waals surface area contributed by atoms with E-state index >= 15 is 0 Å². The summed E-state index contributed by atoms with van der Waals surface area (Å²) in [5.74, 6) is 0.0738. The fourth-order valence-electron chi connectivity index (χ4n) is 3.95. The van der Waals surface area contributed by atoms with Crippen LogP contribution in [-0.2, 0) is 11.2 Å². The minimum atomic E-state index is 0.0738. The first kappa shape index (κ1) is 23.3. The van der Waals surface area contributed by atoms with E-state index in [0.29, 0.717) is 19.4 Å². The van der Waals surface area contributed by atoms with E-state index in [-0.39, 0.29) is 5.91 Å². The summed E-state index contributed by atoms with van der Waals surface area (Å²) >= 11 is 0. The number of anilines is 1. The van der Waals surface area contributed by atoms with Gasteiger partial charge in [-0.1, -0.05) is 66.2 Å². The topological polar surface area (TPSA) is 50.2 Å². The second-order valence-corrected chi connectivity index (χ2v) is 8.61. The van der Waals surface area contributed by atoms with Gasteiger partial charge in [0, 0.05) is 44.0 Å². The van der Waals surface area contributed by atoms with Gasteiger partial charge in [-0.3, -0.25) is 4.79 Å². The Labute approximate surface area is 202 Å². The average molecular weight is 453 g/mol. The zero-order valence-corrected chi connectivity index (χ0v) is 19.9. The molecule has 0 atom stereocenters. The van der Waals surface area contributed by atoms with Crippen molar-refractivity contribution in [1.82, 2.24) is 15.1 Å². The maximum atomic E-state index is 12.5. The van der Waals surface area contributed by atoms with Crippen LogP contribution in [0.5, 0.6) is 0 Å². The van der Waals surface area contributed by atoms with E-state index in [4.69, 9.17) is 5.10 Å². The van der Waals surface area contributed by atoms with Gasteiger partial charge in [-0.2, -0.15) is 5.10 Å². The van der Waals surface area contributed by atoms with Crippen LogP contribution in [0, 0.1) is 6.92 Å². The molecular weight excluding hydrogens is 420 g/mol. The summed E-state index contributed by atoms with van der Waals surface area (Å²) in [6, 6.07) is 28.8. The van der Waals surface area contributed by atoms with Crippen LogP contribution < -0.4 is 10.2 Å². The summed E-state index contributed by atoms with van der Waals surface area (Å²) in [7, 11) is 2.08. The Bertz CT molecular complexity index is 1180. The lowest BCUT2D eigenvalue weighted by Gasteiger charge is -2.19. The van der Waals surface area contributed by atoms with E-state index in [1.807, 2.05) is 59.4 Å². The Morgan fingerprint density at radius 1 is 0.941 bits per heavy atom. The SMILES string of the molecule is Cc1ccc(-c2nn(-c3ccccc3)cc2CCC(=O)NCCCN(C)c2ccccc2)cc1. The van der Waals surface area contributed by atoms with Crippen LogP contribution >= 0.6 is 0 Å². The molecule has 1 N–H and O–H groups in total. The zero-order chi connectivity index (χ0) is 23.8. The number of hydrogen-bond acceptors (Lipinski definition) is 3. The molecule has 0 fully saturated rings. The first-order valence-electron chi connectivity index (χ1n) is 11.8. The lowest BCUT2D eigenvalue weighted by Crippen LogP contribution is -2.28. The van der Waals surface area contributed by atoms with Gasteiger partial charge in [-0.05, 0) is 49.6 Å².